The minimum Gasteiger partial charge on any atom is -0.325 e. The highest BCUT2D eigenvalue weighted by molar-refractivity contribution is 9.09. The Hall–Kier alpha value is -1.16. The lowest BCUT2D eigenvalue weighted by atomic mass is 9.95. The average molecular weight is 340 g/mol. The molecule has 0 saturated heterocycles. The number of Topliss-reactive ketones (excluding diaryl/α,β-unsaturated/α-hetero) is 1. The van der Waals surface area contributed by atoms with Crippen LogP contribution in [0.4, 0.5) is 5.69 Å². The van der Waals surface area contributed by atoms with E-state index in [2.05, 4.69) is 61.1 Å². The summed E-state index contributed by atoms with van der Waals surface area (Å²) in [6.07, 6.45) is -0.0886. The summed E-state index contributed by atoms with van der Waals surface area (Å²) in [6.45, 7) is 8.40. The molecule has 110 valence electrons. The lowest BCUT2D eigenvalue weighted by molar-refractivity contribution is -0.123. The van der Waals surface area contributed by atoms with Crippen LogP contribution >= 0.6 is 15.9 Å². The van der Waals surface area contributed by atoms with E-state index in [4.69, 9.17) is 0 Å². The fraction of sp³-hybridized carbons (Fsp3) is 0.500. The molecule has 0 atom stereocenters. The molecule has 0 saturated carbocycles. The highest BCUT2D eigenvalue weighted by atomic mass is 79.9. The zero-order valence-corrected chi connectivity index (χ0v) is 14.1. The Balaban J connectivity index is 2.98. The highest BCUT2D eigenvalue weighted by Gasteiger charge is 2.14. The molecule has 0 spiro atoms. The number of carbonyl (C=O) groups is 2. The minimum atomic E-state index is -0.253. The van der Waals surface area contributed by atoms with Gasteiger partial charge in [-0.05, 0) is 29.0 Å². The quantitative estimate of drug-likeness (QED) is 0.622. The second-order valence-corrected chi connectivity index (χ2v) is 6.11. The Bertz CT molecular complexity index is 495. The van der Waals surface area contributed by atoms with Gasteiger partial charge in [-0.3, -0.25) is 9.59 Å². The summed E-state index contributed by atoms with van der Waals surface area (Å²) in [7, 11) is 0. The van der Waals surface area contributed by atoms with Gasteiger partial charge in [-0.25, -0.2) is 0 Å². The Morgan fingerprint density at radius 3 is 2.30 bits per heavy atom. The van der Waals surface area contributed by atoms with Gasteiger partial charge >= 0.3 is 0 Å². The van der Waals surface area contributed by atoms with E-state index in [1.165, 1.54) is 5.56 Å². The number of anilines is 1. The third kappa shape index (κ3) is 4.75. The van der Waals surface area contributed by atoms with Crippen molar-refractivity contribution < 1.29 is 9.59 Å². The van der Waals surface area contributed by atoms with E-state index in [1.807, 2.05) is 6.07 Å². The van der Waals surface area contributed by atoms with Gasteiger partial charge in [0.25, 0.3) is 0 Å². The number of hydrogen-bond acceptors (Lipinski definition) is 2. The predicted octanol–water partition coefficient (Wildman–Crippen LogP) is 4.23. The van der Waals surface area contributed by atoms with Gasteiger partial charge in [-0.1, -0.05) is 55.8 Å². The Kier molecular flexibility index (Phi) is 6.40. The van der Waals surface area contributed by atoms with E-state index in [0.29, 0.717) is 11.8 Å². The molecule has 0 bridgehead atoms. The first-order valence-electron chi connectivity index (χ1n) is 6.86. The number of nitrogens with one attached hydrogen (secondary N) is 1. The second-order valence-electron chi connectivity index (χ2n) is 5.55. The number of ketones is 1. The summed E-state index contributed by atoms with van der Waals surface area (Å²) in [5, 5.41) is 3.08. The van der Waals surface area contributed by atoms with Crippen molar-refractivity contribution >= 4 is 33.3 Å². The van der Waals surface area contributed by atoms with Crippen LogP contribution in [0.2, 0.25) is 0 Å². The van der Waals surface area contributed by atoms with Gasteiger partial charge in [0.1, 0.15) is 0 Å². The van der Waals surface area contributed by atoms with Crippen molar-refractivity contribution in [3.63, 3.8) is 0 Å². The number of alkyl halides is 1. The zero-order chi connectivity index (χ0) is 15.3. The number of hydrogen-bond donors (Lipinski definition) is 1. The third-order valence-corrected chi connectivity index (χ3v) is 3.77. The molecule has 0 unspecified atom stereocenters. The summed E-state index contributed by atoms with van der Waals surface area (Å²) in [5.41, 5.74) is 3.09. The molecular weight excluding hydrogens is 318 g/mol. The molecule has 1 aromatic rings. The summed E-state index contributed by atoms with van der Waals surface area (Å²) in [4.78, 5) is 23.2. The lowest BCUT2D eigenvalue weighted by Crippen LogP contribution is -2.18. The number of amides is 1. The van der Waals surface area contributed by atoms with Crippen molar-refractivity contribution in [2.75, 3.05) is 10.6 Å². The zero-order valence-electron chi connectivity index (χ0n) is 12.5. The topological polar surface area (TPSA) is 46.2 Å². The van der Waals surface area contributed by atoms with Crippen molar-refractivity contribution in [2.24, 2.45) is 0 Å². The summed E-state index contributed by atoms with van der Waals surface area (Å²) < 4.78 is 0. The van der Waals surface area contributed by atoms with Crippen LogP contribution < -0.4 is 5.32 Å². The van der Waals surface area contributed by atoms with E-state index in [-0.39, 0.29) is 23.4 Å². The molecule has 0 aliphatic carbocycles. The maximum absolute atomic E-state index is 11.9. The second kappa shape index (κ2) is 7.58. The molecule has 0 aliphatic rings. The van der Waals surface area contributed by atoms with Crippen LogP contribution in [0.25, 0.3) is 0 Å². The molecule has 0 radical (unpaired) electrons. The van der Waals surface area contributed by atoms with E-state index < -0.39 is 0 Å². The van der Waals surface area contributed by atoms with Crippen LogP contribution in [0, 0.1) is 0 Å². The molecule has 1 N–H and O–H groups in total. The molecule has 20 heavy (non-hydrogen) atoms. The average Bonchev–Trinajstić information content (AvgIpc) is 2.37. The highest BCUT2D eigenvalue weighted by Crippen LogP contribution is 2.28. The van der Waals surface area contributed by atoms with Crippen molar-refractivity contribution in [2.45, 2.75) is 46.0 Å². The van der Waals surface area contributed by atoms with Gasteiger partial charge in [0.05, 0.1) is 11.8 Å². The molecule has 1 aromatic carbocycles. The first kappa shape index (κ1) is 16.9. The predicted molar refractivity (Wildman–Crippen MR) is 86.7 cm³/mol. The largest absolute Gasteiger partial charge is 0.325 e. The number of rotatable bonds is 6. The number of benzene rings is 1. The lowest BCUT2D eigenvalue weighted by Gasteiger charge is -2.16. The number of halogens is 1. The van der Waals surface area contributed by atoms with Gasteiger partial charge in [0, 0.05) is 5.69 Å². The first-order valence-corrected chi connectivity index (χ1v) is 7.98. The van der Waals surface area contributed by atoms with Gasteiger partial charge < -0.3 is 5.32 Å². The van der Waals surface area contributed by atoms with Gasteiger partial charge in [0.15, 0.2) is 5.78 Å². The summed E-state index contributed by atoms with van der Waals surface area (Å²) >= 11 is 3.07. The standard InChI is InChI=1S/C16H22BrNO2/c1-10(2)12-5-6-14(11(3)4)15(7-12)18-16(20)8-13(19)9-17/h5-7,10-11H,8-9H2,1-4H3,(H,18,20). The first-order chi connectivity index (χ1) is 9.35. The van der Waals surface area contributed by atoms with Crippen LogP contribution in [-0.4, -0.2) is 17.0 Å². The Morgan fingerprint density at radius 2 is 1.80 bits per heavy atom. The van der Waals surface area contributed by atoms with Crippen LogP contribution in [0.3, 0.4) is 0 Å². The molecule has 0 fully saturated rings. The summed E-state index contributed by atoms with van der Waals surface area (Å²) in [6, 6.07) is 6.16. The molecule has 4 heteroatoms. The molecule has 0 heterocycles. The molecule has 0 aromatic heterocycles. The van der Waals surface area contributed by atoms with E-state index >= 15 is 0 Å². The smallest absolute Gasteiger partial charge is 0.231 e. The van der Waals surface area contributed by atoms with Crippen molar-refractivity contribution in [1.29, 1.82) is 0 Å². The fourth-order valence-electron chi connectivity index (χ4n) is 1.97. The van der Waals surface area contributed by atoms with Crippen molar-refractivity contribution in [3.05, 3.63) is 29.3 Å². The molecular formula is C16H22BrNO2. The summed E-state index contributed by atoms with van der Waals surface area (Å²) in [5.74, 6) is 0.347. The van der Waals surface area contributed by atoms with Gasteiger partial charge in [0.2, 0.25) is 5.91 Å². The fourth-order valence-corrected chi connectivity index (χ4v) is 2.16. The molecule has 1 amide bonds. The Morgan fingerprint density at radius 1 is 1.15 bits per heavy atom. The monoisotopic (exact) mass is 339 g/mol. The van der Waals surface area contributed by atoms with Crippen molar-refractivity contribution in [1.82, 2.24) is 0 Å². The van der Waals surface area contributed by atoms with E-state index in [1.54, 1.807) is 0 Å². The maximum Gasteiger partial charge on any atom is 0.231 e. The van der Waals surface area contributed by atoms with Gasteiger partial charge in [-0.2, -0.15) is 0 Å². The number of carbonyl (C=O) groups excluding carboxylic acids is 2. The van der Waals surface area contributed by atoms with Crippen LogP contribution in [0.5, 0.6) is 0 Å². The Labute approximate surface area is 129 Å². The molecule has 3 nitrogen and oxygen atoms in total. The third-order valence-electron chi connectivity index (χ3n) is 3.15. The van der Waals surface area contributed by atoms with Crippen LogP contribution in [-0.2, 0) is 9.59 Å². The molecule has 1 rings (SSSR count). The normalized spacial score (nSPS) is 10.9. The SMILES string of the molecule is CC(C)c1ccc(C(C)C)c(NC(=O)CC(=O)CBr)c1. The van der Waals surface area contributed by atoms with E-state index in [0.717, 1.165) is 11.3 Å². The van der Waals surface area contributed by atoms with Crippen LogP contribution in [0.15, 0.2) is 18.2 Å². The van der Waals surface area contributed by atoms with Crippen molar-refractivity contribution in [3.8, 4) is 0 Å². The van der Waals surface area contributed by atoms with E-state index in [9.17, 15) is 9.59 Å². The van der Waals surface area contributed by atoms with Crippen LogP contribution in [0.1, 0.15) is 57.1 Å². The molecule has 0 aliphatic heterocycles. The minimum absolute atomic E-state index is 0.0886. The van der Waals surface area contributed by atoms with Gasteiger partial charge in [-0.15, -0.1) is 0 Å². The maximum atomic E-state index is 11.9.